The number of aliphatic hydroxyl groups is 1. The molecule has 2 bridgehead atoms. The minimum Gasteiger partial charge on any atom is -0.383 e. The van der Waals surface area contributed by atoms with Gasteiger partial charge in [-0.05, 0) is 120 Å². The SMILES string of the molecule is N#Cc1cccc(C2(NC(=O)Nc3ccc(Cl)cc3)CCC3C/C3=C(\Nc3ccc(Cl)cc3)N3C[C@@](O)(c4ccccc4)C[C@@H]3C(=O)Nc3cc2ccc3F)c1. The van der Waals surface area contributed by atoms with Gasteiger partial charge in [-0.25, -0.2) is 9.18 Å². The molecule has 1 saturated heterocycles. The van der Waals surface area contributed by atoms with Crippen molar-refractivity contribution in [3.8, 4) is 6.07 Å². The summed E-state index contributed by atoms with van der Waals surface area (Å²) in [6, 6.07) is 35.4. The number of hydrogen-bond acceptors (Lipinski definition) is 6. The molecule has 0 radical (unpaired) electrons. The summed E-state index contributed by atoms with van der Waals surface area (Å²) in [7, 11) is 0. The molecule has 5 N–H and O–H groups in total. The molecule has 2 heterocycles. The zero-order valence-corrected chi connectivity index (χ0v) is 31.5. The summed E-state index contributed by atoms with van der Waals surface area (Å²) in [5.41, 5.74) is 1.69. The van der Waals surface area contributed by atoms with E-state index < -0.39 is 34.9 Å². The molecule has 3 aliphatic rings. The van der Waals surface area contributed by atoms with Gasteiger partial charge in [0.1, 0.15) is 23.3 Å². The molecule has 8 rings (SSSR count). The number of amides is 3. The molecule has 9 nitrogen and oxygen atoms in total. The normalized spacial score (nSPS) is 24.2. The van der Waals surface area contributed by atoms with Gasteiger partial charge >= 0.3 is 6.03 Å². The smallest absolute Gasteiger partial charge is 0.320 e. The number of allylic oxidation sites excluding steroid dienone is 1. The van der Waals surface area contributed by atoms with E-state index in [2.05, 4.69) is 27.3 Å². The topological polar surface area (TPSA) is 130 Å². The van der Waals surface area contributed by atoms with Gasteiger partial charge in [0.05, 0.1) is 29.4 Å². The summed E-state index contributed by atoms with van der Waals surface area (Å²) in [5, 5.41) is 35.7. The Morgan fingerprint density at radius 3 is 2.27 bits per heavy atom. The standard InChI is InChI=1S/C44H37Cl2FN6O3/c45-32-10-14-34(15-11-32)49-40-36-22-28(36)19-20-44(30-8-4-5-27(21-30)25-48,52-42(55)50-35-16-12-33(46)13-17-35)31-9-18-37(47)38(23-31)51-41(54)39-24-43(56,26-53(39)40)29-6-2-1-3-7-29/h1-18,21,23,28,39,49,56H,19-20,22,24,26H2,(H,51,54)(H2,50,52,55)/b40-36-/t28?,39-,43-,44?/m1/s1. The van der Waals surface area contributed by atoms with E-state index in [1.165, 1.54) is 6.07 Å². The van der Waals surface area contributed by atoms with Crippen molar-refractivity contribution >= 4 is 52.2 Å². The highest BCUT2D eigenvalue weighted by Crippen LogP contribution is 2.50. The molecule has 1 aliphatic carbocycles. The zero-order chi connectivity index (χ0) is 39.0. The maximum Gasteiger partial charge on any atom is 0.320 e. The van der Waals surface area contributed by atoms with Gasteiger partial charge in [0, 0.05) is 27.8 Å². The van der Waals surface area contributed by atoms with Gasteiger partial charge in [-0.3, -0.25) is 4.79 Å². The summed E-state index contributed by atoms with van der Waals surface area (Å²) in [4.78, 5) is 30.4. The summed E-state index contributed by atoms with van der Waals surface area (Å²) >= 11 is 12.3. The van der Waals surface area contributed by atoms with Crippen molar-refractivity contribution in [2.24, 2.45) is 5.92 Å². The fourth-order valence-corrected chi connectivity index (χ4v) is 8.24. The highest BCUT2D eigenvalue weighted by Gasteiger charge is 2.50. The third-order valence-electron chi connectivity index (χ3n) is 10.9. The largest absolute Gasteiger partial charge is 0.383 e. The number of urea groups is 1. The van der Waals surface area contributed by atoms with E-state index in [-0.39, 0.29) is 24.6 Å². The molecule has 2 unspecified atom stereocenters. The Morgan fingerprint density at radius 2 is 1.55 bits per heavy atom. The number of hydrogen-bond donors (Lipinski definition) is 5. The second-order valence-corrected chi connectivity index (χ2v) is 15.4. The minimum atomic E-state index is -1.39. The van der Waals surface area contributed by atoms with Gasteiger partial charge < -0.3 is 31.3 Å². The molecule has 2 fully saturated rings. The molecule has 5 aromatic carbocycles. The lowest BCUT2D eigenvalue weighted by molar-refractivity contribution is -0.120. The van der Waals surface area contributed by atoms with Crippen LogP contribution in [0.4, 0.5) is 26.2 Å². The number of carbonyl (C=O) groups excluding carboxylic acids is 2. The third kappa shape index (κ3) is 7.41. The van der Waals surface area contributed by atoms with Gasteiger partial charge in [-0.15, -0.1) is 0 Å². The second-order valence-electron chi connectivity index (χ2n) is 14.6. The van der Waals surface area contributed by atoms with Gasteiger partial charge in [-0.2, -0.15) is 5.26 Å². The van der Waals surface area contributed by atoms with Crippen LogP contribution in [0.5, 0.6) is 0 Å². The molecule has 2 aliphatic heterocycles. The molecular weight excluding hydrogens is 750 g/mol. The first-order chi connectivity index (χ1) is 27.0. The van der Waals surface area contributed by atoms with E-state index in [9.17, 15) is 20.0 Å². The second kappa shape index (κ2) is 15.0. The van der Waals surface area contributed by atoms with E-state index in [0.717, 1.165) is 11.3 Å². The first-order valence-corrected chi connectivity index (χ1v) is 19.1. The van der Waals surface area contributed by atoms with Crippen LogP contribution < -0.4 is 21.3 Å². The van der Waals surface area contributed by atoms with Crippen molar-refractivity contribution in [2.45, 2.75) is 42.9 Å². The Morgan fingerprint density at radius 1 is 0.875 bits per heavy atom. The van der Waals surface area contributed by atoms with Crippen LogP contribution in [0.15, 0.2) is 133 Å². The number of rotatable bonds is 6. The van der Waals surface area contributed by atoms with Gasteiger partial charge in [-0.1, -0.05) is 71.7 Å². The van der Waals surface area contributed by atoms with Gasteiger partial charge in [0.15, 0.2) is 0 Å². The molecular formula is C44H37Cl2FN6O3. The molecule has 0 spiro atoms. The maximum absolute atomic E-state index is 15.9. The fraction of sp³-hybridized carbons (Fsp3) is 0.205. The first kappa shape index (κ1) is 37.1. The number of nitrogens with zero attached hydrogens (tertiary/aromatic N) is 2. The van der Waals surface area contributed by atoms with E-state index in [1.54, 1.807) is 66.7 Å². The monoisotopic (exact) mass is 786 g/mol. The van der Waals surface area contributed by atoms with Crippen LogP contribution in [-0.2, 0) is 15.9 Å². The number of nitriles is 1. The Balaban J connectivity index is 1.26. The number of benzene rings is 5. The summed E-state index contributed by atoms with van der Waals surface area (Å²) in [5.74, 6) is -0.489. The first-order valence-electron chi connectivity index (χ1n) is 18.3. The van der Waals surface area contributed by atoms with E-state index in [1.807, 2.05) is 53.4 Å². The predicted octanol–water partition coefficient (Wildman–Crippen LogP) is 9.11. The Kier molecular flexibility index (Phi) is 9.93. The average molecular weight is 788 g/mol. The lowest BCUT2D eigenvalue weighted by Gasteiger charge is -2.37. The molecule has 4 atom stereocenters. The van der Waals surface area contributed by atoms with Crippen molar-refractivity contribution in [2.75, 3.05) is 22.5 Å². The number of fused-ring (bicyclic) bond motifs is 4. The summed E-state index contributed by atoms with van der Waals surface area (Å²) < 4.78 is 15.9. The van der Waals surface area contributed by atoms with Crippen LogP contribution in [0.3, 0.4) is 0 Å². The fourth-order valence-electron chi connectivity index (χ4n) is 7.99. The average Bonchev–Trinajstić information content (AvgIpc) is 3.89. The highest BCUT2D eigenvalue weighted by atomic mass is 35.5. The van der Waals surface area contributed by atoms with Crippen LogP contribution in [-0.4, -0.2) is 34.5 Å². The maximum atomic E-state index is 15.9. The van der Waals surface area contributed by atoms with Crippen molar-refractivity contribution < 1.29 is 19.1 Å². The lowest BCUT2D eigenvalue weighted by atomic mass is 9.77. The Bertz CT molecular complexity index is 2390. The Labute approximate surface area is 333 Å². The van der Waals surface area contributed by atoms with Crippen LogP contribution >= 0.6 is 23.2 Å². The number of halogens is 3. The van der Waals surface area contributed by atoms with Gasteiger partial charge in [0.25, 0.3) is 0 Å². The Hall–Kier alpha value is -5.86. The molecule has 0 aromatic heterocycles. The third-order valence-corrected chi connectivity index (χ3v) is 11.5. The van der Waals surface area contributed by atoms with Gasteiger partial charge in [0.2, 0.25) is 5.91 Å². The summed E-state index contributed by atoms with van der Waals surface area (Å²) in [6.07, 6.45) is 1.64. The number of nitrogens with one attached hydrogen (secondary N) is 4. The van der Waals surface area contributed by atoms with Crippen molar-refractivity contribution in [1.29, 1.82) is 5.26 Å². The van der Waals surface area contributed by atoms with Crippen LogP contribution in [0.1, 0.15) is 47.9 Å². The number of carbonyl (C=O) groups is 2. The summed E-state index contributed by atoms with van der Waals surface area (Å²) in [6.45, 7) is 0.0983. The number of anilines is 3. The quantitative estimate of drug-likeness (QED) is 0.117. The molecule has 5 aromatic rings. The van der Waals surface area contributed by atoms with E-state index >= 15 is 4.39 Å². The van der Waals surface area contributed by atoms with Crippen LogP contribution in [0.2, 0.25) is 10.0 Å². The molecule has 3 amide bonds. The molecule has 12 heteroatoms. The lowest BCUT2D eigenvalue weighted by Crippen LogP contribution is -2.49. The van der Waals surface area contributed by atoms with Crippen molar-refractivity contribution in [3.63, 3.8) is 0 Å². The molecule has 56 heavy (non-hydrogen) atoms. The predicted molar refractivity (Wildman–Crippen MR) is 215 cm³/mol. The molecule has 282 valence electrons. The van der Waals surface area contributed by atoms with Crippen molar-refractivity contribution in [3.05, 3.63) is 171 Å². The molecule has 1 saturated carbocycles. The van der Waals surface area contributed by atoms with Crippen LogP contribution in [0, 0.1) is 23.1 Å². The van der Waals surface area contributed by atoms with E-state index in [0.29, 0.717) is 63.1 Å². The zero-order valence-electron chi connectivity index (χ0n) is 30.0. The highest BCUT2D eigenvalue weighted by molar-refractivity contribution is 6.31. The van der Waals surface area contributed by atoms with E-state index in [4.69, 9.17) is 23.2 Å². The van der Waals surface area contributed by atoms with Crippen molar-refractivity contribution in [1.82, 2.24) is 10.2 Å². The van der Waals surface area contributed by atoms with Crippen LogP contribution in [0.25, 0.3) is 0 Å². The minimum absolute atomic E-state index is 0.0132.